The summed E-state index contributed by atoms with van der Waals surface area (Å²) in [6.45, 7) is 3.39. The van der Waals surface area contributed by atoms with Crippen LogP contribution in [0.25, 0.3) is 0 Å². The van der Waals surface area contributed by atoms with Gasteiger partial charge in [-0.3, -0.25) is 0 Å². The number of thioether (sulfide) groups is 1. The predicted molar refractivity (Wildman–Crippen MR) is 83.2 cm³/mol. The van der Waals surface area contributed by atoms with E-state index in [0.29, 0.717) is 12.4 Å². The number of hydrogen-bond donors (Lipinski definition) is 2. The van der Waals surface area contributed by atoms with E-state index < -0.39 is 0 Å². The van der Waals surface area contributed by atoms with Crippen molar-refractivity contribution >= 4 is 34.1 Å². The molecule has 0 aliphatic carbocycles. The van der Waals surface area contributed by atoms with Gasteiger partial charge >= 0.3 is 0 Å². The van der Waals surface area contributed by atoms with Crippen molar-refractivity contribution in [1.29, 1.82) is 0 Å². The van der Waals surface area contributed by atoms with E-state index in [2.05, 4.69) is 15.8 Å². The lowest BCUT2D eigenvalue weighted by atomic mass is 10.2. The fraction of sp³-hybridized carbons (Fsp3) is 0.308. The van der Waals surface area contributed by atoms with E-state index in [1.807, 2.05) is 31.4 Å². The molecule has 1 aromatic heterocycles. The maximum Gasteiger partial charge on any atom is 0.153 e. The van der Waals surface area contributed by atoms with Gasteiger partial charge in [-0.05, 0) is 42.4 Å². The second-order valence-corrected chi connectivity index (χ2v) is 5.45. The second kappa shape index (κ2) is 6.68. The molecule has 2 aromatic rings. The van der Waals surface area contributed by atoms with Crippen LogP contribution in [-0.4, -0.2) is 17.2 Å². The maximum absolute atomic E-state index is 5.80. The van der Waals surface area contributed by atoms with Crippen LogP contribution in [0.5, 0.6) is 5.75 Å². The lowest BCUT2D eigenvalue weighted by Crippen LogP contribution is -2.00. The highest BCUT2D eigenvalue weighted by Crippen LogP contribution is 2.34. The molecule has 19 heavy (non-hydrogen) atoms. The summed E-state index contributed by atoms with van der Waals surface area (Å²) in [6.07, 6.45) is 2.00. The van der Waals surface area contributed by atoms with Gasteiger partial charge in [-0.15, -0.1) is 11.8 Å². The van der Waals surface area contributed by atoms with Crippen molar-refractivity contribution in [2.24, 2.45) is 0 Å². The van der Waals surface area contributed by atoms with Crippen LogP contribution in [0.4, 0.5) is 10.8 Å². The molecule has 0 radical (unpaired) electrons. The molecule has 6 heteroatoms. The highest BCUT2D eigenvalue weighted by Gasteiger charge is 2.09. The Morgan fingerprint density at radius 2 is 2.32 bits per heavy atom. The van der Waals surface area contributed by atoms with Crippen molar-refractivity contribution in [2.75, 3.05) is 23.9 Å². The van der Waals surface area contributed by atoms with E-state index in [1.54, 1.807) is 11.8 Å². The molecular weight excluding hydrogens is 278 g/mol. The van der Waals surface area contributed by atoms with Gasteiger partial charge in [-0.25, -0.2) is 0 Å². The predicted octanol–water partition coefficient (Wildman–Crippen LogP) is 3.46. The first kappa shape index (κ1) is 14.0. The number of ether oxygens (including phenoxy) is 1. The van der Waals surface area contributed by atoms with Crippen LogP contribution in [0, 0.1) is 0 Å². The molecule has 0 aliphatic heterocycles. The smallest absolute Gasteiger partial charge is 0.153 e. The Hall–Kier alpha value is -1.40. The van der Waals surface area contributed by atoms with Gasteiger partial charge in [0.1, 0.15) is 10.8 Å². The Labute approximate surface area is 121 Å². The number of anilines is 2. The summed E-state index contributed by atoms with van der Waals surface area (Å²) in [5.74, 6) is 1.50. The quantitative estimate of drug-likeness (QED) is 0.799. The van der Waals surface area contributed by atoms with Crippen molar-refractivity contribution in [3.63, 3.8) is 0 Å². The molecule has 0 spiro atoms. The largest absolute Gasteiger partial charge is 0.494 e. The van der Waals surface area contributed by atoms with Crippen LogP contribution < -0.4 is 15.8 Å². The molecule has 3 N–H and O–H groups in total. The van der Waals surface area contributed by atoms with Crippen molar-refractivity contribution in [2.45, 2.75) is 18.4 Å². The number of hydrogen-bond acceptors (Lipinski definition) is 6. The summed E-state index contributed by atoms with van der Waals surface area (Å²) in [6, 6.07) is 8.07. The molecule has 0 unspecified atom stereocenters. The molecule has 0 saturated heterocycles. The first-order chi connectivity index (χ1) is 9.24. The van der Waals surface area contributed by atoms with Gasteiger partial charge in [0.05, 0.1) is 11.5 Å². The third kappa shape index (κ3) is 3.54. The van der Waals surface area contributed by atoms with Gasteiger partial charge in [0.2, 0.25) is 0 Å². The molecule has 0 saturated carbocycles. The fourth-order valence-electron chi connectivity index (χ4n) is 1.70. The molecule has 0 aliphatic rings. The number of benzene rings is 1. The Morgan fingerprint density at radius 3 is 3.05 bits per heavy atom. The van der Waals surface area contributed by atoms with Gasteiger partial charge < -0.3 is 15.8 Å². The van der Waals surface area contributed by atoms with Crippen LogP contribution >= 0.6 is 23.3 Å². The first-order valence-electron chi connectivity index (χ1n) is 5.99. The number of nitrogens with one attached hydrogen (secondary N) is 1. The van der Waals surface area contributed by atoms with E-state index in [9.17, 15) is 0 Å². The number of nitrogens with zero attached hydrogens (tertiary/aromatic N) is 1. The van der Waals surface area contributed by atoms with Gasteiger partial charge in [-0.2, -0.15) is 4.37 Å². The lowest BCUT2D eigenvalue weighted by Gasteiger charge is -2.08. The average Bonchev–Trinajstić information content (AvgIpc) is 2.77. The summed E-state index contributed by atoms with van der Waals surface area (Å²) in [7, 11) is 0. The molecule has 1 heterocycles. The Kier molecular flexibility index (Phi) is 4.93. The van der Waals surface area contributed by atoms with E-state index in [0.717, 1.165) is 22.2 Å². The monoisotopic (exact) mass is 295 g/mol. The highest BCUT2D eigenvalue weighted by atomic mass is 32.2. The normalized spacial score (nSPS) is 10.4. The van der Waals surface area contributed by atoms with E-state index in [1.165, 1.54) is 17.1 Å². The molecule has 102 valence electrons. The zero-order chi connectivity index (χ0) is 13.7. The van der Waals surface area contributed by atoms with Crippen molar-refractivity contribution in [3.05, 3.63) is 29.8 Å². The summed E-state index contributed by atoms with van der Waals surface area (Å²) in [5.41, 5.74) is 6.97. The van der Waals surface area contributed by atoms with Crippen molar-refractivity contribution < 1.29 is 4.74 Å². The number of aromatic nitrogens is 1. The molecule has 4 nitrogen and oxygen atoms in total. The minimum absolute atomic E-state index is 0.600. The average molecular weight is 295 g/mol. The van der Waals surface area contributed by atoms with Gasteiger partial charge in [0, 0.05) is 6.54 Å². The molecule has 1 aromatic carbocycles. The summed E-state index contributed by atoms with van der Waals surface area (Å²) >= 11 is 3.01. The summed E-state index contributed by atoms with van der Waals surface area (Å²) < 4.78 is 9.64. The zero-order valence-electron chi connectivity index (χ0n) is 11.0. The fourth-order valence-corrected chi connectivity index (χ4v) is 3.24. The Balaban J connectivity index is 2.03. The minimum atomic E-state index is 0.600. The van der Waals surface area contributed by atoms with Gasteiger partial charge in [0.25, 0.3) is 0 Å². The molecule has 0 fully saturated rings. The van der Waals surface area contributed by atoms with E-state index in [4.69, 9.17) is 10.5 Å². The topological polar surface area (TPSA) is 60.2 Å². The van der Waals surface area contributed by atoms with Crippen LogP contribution in [0.3, 0.4) is 0 Å². The van der Waals surface area contributed by atoms with Crippen LogP contribution in [0.15, 0.2) is 29.2 Å². The van der Waals surface area contributed by atoms with Crippen LogP contribution in [-0.2, 0) is 6.54 Å². The van der Waals surface area contributed by atoms with Gasteiger partial charge in [-0.1, -0.05) is 12.1 Å². The Bertz CT molecular complexity index is 542. The van der Waals surface area contributed by atoms with E-state index >= 15 is 0 Å². The first-order valence-corrected chi connectivity index (χ1v) is 7.99. The summed E-state index contributed by atoms with van der Waals surface area (Å²) in [4.78, 5) is 1.02. The third-order valence-electron chi connectivity index (χ3n) is 2.54. The molecule has 0 bridgehead atoms. The third-order valence-corrected chi connectivity index (χ3v) is 4.31. The zero-order valence-corrected chi connectivity index (χ0v) is 12.6. The van der Waals surface area contributed by atoms with Gasteiger partial charge in [0.15, 0.2) is 5.82 Å². The Morgan fingerprint density at radius 1 is 1.47 bits per heavy atom. The van der Waals surface area contributed by atoms with E-state index in [-0.39, 0.29) is 0 Å². The van der Waals surface area contributed by atoms with Crippen molar-refractivity contribution in [3.8, 4) is 5.75 Å². The molecule has 2 rings (SSSR count). The highest BCUT2D eigenvalue weighted by molar-refractivity contribution is 7.99. The molecular formula is C13H17N3OS2. The standard InChI is InChI=1S/C13H17N3OS2/c1-3-17-10-6-4-5-9(7-10)8-15-13-11(18-2)12(14)16-19-13/h4-7,15H,3,8H2,1-2H3,(H2,14,16). The summed E-state index contributed by atoms with van der Waals surface area (Å²) in [5, 5.41) is 4.39. The SMILES string of the molecule is CCOc1cccc(CNc2snc(N)c2SC)c1. The minimum Gasteiger partial charge on any atom is -0.494 e. The number of nitrogens with two attached hydrogens (primary N) is 1. The second-order valence-electron chi connectivity index (χ2n) is 3.86. The number of rotatable bonds is 6. The van der Waals surface area contributed by atoms with Crippen LogP contribution in [0.1, 0.15) is 12.5 Å². The molecule has 0 amide bonds. The van der Waals surface area contributed by atoms with Crippen LogP contribution in [0.2, 0.25) is 0 Å². The maximum atomic E-state index is 5.80. The van der Waals surface area contributed by atoms with Crippen molar-refractivity contribution in [1.82, 2.24) is 4.37 Å². The number of nitrogen functional groups attached to an aromatic ring is 1. The molecule has 0 atom stereocenters. The lowest BCUT2D eigenvalue weighted by molar-refractivity contribution is 0.340.